The number of hydrogen-bond donors (Lipinski definition) is 1. The first-order chi connectivity index (χ1) is 14.3. The summed E-state index contributed by atoms with van der Waals surface area (Å²) >= 11 is 5.93. The van der Waals surface area contributed by atoms with Crippen molar-refractivity contribution in [1.82, 2.24) is 15.0 Å². The van der Waals surface area contributed by atoms with Crippen LogP contribution in [0, 0.1) is 24.0 Å². The molecule has 4 rings (SSSR count). The number of benzene rings is 3. The van der Waals surface area contributed by atoms with Gasteiger partial charge in [0.1, 0.15) is 11.0 Å². The molecule has 0 atom stereocenters. The van der Waals surface area contributed by atoms with E-state index in [1.807, 2.05) is 25.1 Å². The molecule has 3 aromatic carbocycles. The van der Waals surface area contributed by atoms with Crippen molar-refractivity contribution in [2.75, 3.05) is 5.32 Å². The Morgan fingerprint density at radius 2 is 1.67 bits per heavy atom. The van der Waals surface area contributed by atoms with Crippen molar-refractivity contribution < 1.29 is 9.72 Å². The highest BCUT2D eigenvalue weighted by Gasteiger charge is 2.15. The largest absolute Gasteiger partial charge is 0.322 e. The van der Waals surface area contributed by atoms with Crippen LogP contribution in [0.5, 0.6) is 0 Å². The molecular weight excluding hydrogens is 406 g/mol. The molecule has 9 heteroatoms. The average molecular weight is 422 g/mol. The van der Waals surface area contributed by atoms with Gasteiger partial charge in [-0.1, -0.05) is 11.6 Å². The van der Waals surface area contributed by atoms with Gasteiger partial charge in [-0.3, -0.25) is 14.9 Å². The zero-order valence-corrected chi connectivity index (χ0v) is 16.8. The Kier molecular flexibility index (Phi) is 4.93. The Bertz CT molecular complexity index is 1300. The first-order valence-electron chi connectivity index (χ1n) is 9.02. The van der Waals surface area contributed by atoms with Gasteiger partial charge in [-0.05, 0) is 67.9 Å². The quantitative estimate of drug-likeness (QED) is 0.374. The Hall–Kier alpha value is -3.78. The van der Waals surface area contributed by atoms with E-state index in [9.17, 15) is 14.9 Å². The summed E-state index contributed by atoms with van der Waals surface area (Å²) in [5, 5.41) is 23.4. The third-order valence-corrected chi connectivity index (χ3v) is 4.94. The molecule has 0 aliphatic heterocycles. The molecule has 1 aromatic heterocycles. The van der Waals surface area contributed by atoms with E-state index in [0.717, 1.165) is 11.3 Å². The summed E-state index contributed by atoms with van der Waals surface area (Å²) in [5.74, 6) is -0.361. The van der Waals surface area contributed by atoms with Gasteiger partial charge in [0.2, 0.25) is 0 Å². The SMILES string of the molecule is Cc1cc2nn(-c3ccc(Cl)cc3)nc2cc1NC(=O)c1ccc([N+](=O)[O-])c(C)c1. The van der Waals surface area contributed by atoms with Crippen molar-refractivity contribution in [3.8, 4) is 5.69 Å². The molecule has 0 fully saturated rings. The van der Waals surface area contributed by atoms with Gasteiger partial charge in [0, 0.05) is 27.9 Å². The predicted octanol–water partition coefficient (Wildman–Crippen LogP) is 4.85. The van der Waals surface area contributed by atoms with Crippen LogP contribution < -0.4 is 5.32 Å². The number of anilines is 1. The highest BCUT2D eigenvalue weighted by molar-refractivity contribution is 6.30. The minimum atomic E-state index is -0.473. The monoisotopic (exact) mass is 421 g/mol. The maximum absolute atomic E-state index is 12.7. The molecule has 30 heavy (non-hydrogen) atoms. The molecule has 0 spiro atoms. The fourth-order valence-electron chi connectivity index (χ4n) is 3.09. The number of hydrogen-bond acceptors (Lipinski definition) is 5. The summed E-state index contributed by atoms with van der Waals surface area (Å²) in [5.41, 5.74) is 4.21. The third-order valence-electron chi connectivity index (χ3n) is 4.69. The number of aryl methyl sites for hydroxylation is 2. The number of nitro benzene ring substituents is 1. The van der Waals surface area contributed by atoms with Crippen molar-refractivity contribution in [2.45, 2.75) is 13.8 Å². The van der Waals surface area contributed by atoms with Gasteiger partial charge < -0.3 is 5.32 Å². The van der Waals surface area contributed by atoms with E-state index in [-0.39, 0.29) is 11.6 Å². The second-order valence-corrected chi connectivity index (χ2v) is 7.27. The van der Waals surface area contributed by atoms with Crippen LogP contribution in [0.2, 0.25) is 5.02 Å². The Balaban J connectivity index is 1.63. The summed E-state index contributed by atoms with van der Waals surface area (Å²) in [4.78, 5) is 24.7. The number of amides is 1. The van der Waals surface area contributed by atoms with Gasteiger partial charge in [-0.25, -0.2) is 0 Å². The van der Waals surface area contributed by atoms with E-state index in [1.54, 1.807) is 25.1 Å². The molecule has 1 heterocycles. The minimum absolute atomic E-state index is 0.0250. The number of nitrogens with one attached hydrogen (secondary N) is 1. The van der Waals surface area contributed by atoms with E-state index in [2.05, 4.69) is 15.5 Å². The van der Waals surface area contributed by atoms with Crippen molar-refractivity contribution in [3.05, 3.63) is 86.4 Å². The van der Waals surface area contributed by atoms with Crippen LogP contribution in [0.25, 0.3) is 16.7 Å². The van der Waals surface area contributed by atoms with E-state index in [1.165, 1.54) is 23.0 Å². The average Bonchev–Trinajstić information content (AvgIpc) is 3.11. The molecule has 0 bridgehead atoms. The van der Waals surface area contributed by atoms with Gasteiger partial charge in [-0.15, -0.1) is 10.2 Å². The molecule has 0 aliphatic rings. The molecule has 8 nitrogen and oxygen atoms in total. The number of aromatic nitrogens is 3. The first-order valence-corrected chi connectivity index (χ1v) is 9.39. The summed E-state index contributed by atoms with van der Waals surface area (Å²) < 4.78 is 0. The normalized spacial score (nSPS) is 10.9. The van der Waals surface area contributed by atoms with Crippen LogP contribution in [0.3, 0.4) is 0 Å². The number of fused-ring (bicyclic) bond motifs is 1. The summed E-state index contributed by atoms with van der Waals surface area (Å²) in [6.07, 6.45) is 0. The molecule has 1 N–H and O–H groups in total. The molecule has 1 amide bonds. The van der Waals surface area contributed by atoms with Crippen LogP contribution in [-0.2, 0) is 0 Å². The molecular formula is C21H16ClN5O3. The van der Waals surface area contributed by atoms with Gasteiger partial charge >= 0.3 is 0 Å². The number of rotatable bonds is 4. The summed E-state index contributed by atoms with van der Waals surface area (Å²) in [6.45, 7) is 3.46. The lowest BCUT2D eigenvalue weighted by atomic mass is 10.1. The number of halogens is 1. The maximum atomic E-state index is 12.7. The number of carbonyl (C=O) groups excluding carboxylic acids is 1. The lowest BCUT2D eigenvalue weighted by molar-refractivity contribution is -0.385. The fourth-order valence-corrected chi connectivity index (χ4v) is 3.21. The van der Waals surface area contributed by atoms with Crippen molar-refractivity contribution in [1.29, 1.82) is 0 Å². The highest BCUT2D eigenvalue weighted by Crippen LogP contribution is 2.24. The van der Waals surface area contributed by atoms with Crippen LogP contribution >= 0.6 is 11.6 Å². The smallest absolute Gasteiger partial charge is 0.272 e. The summed E-state index contributed by atoms with van der Waals surface area (Å²) in [6, 6.07) is 15.0. The summed E-state index contributed by atoms with van der Waals surface area (Å²) in [7, 11) is 0. The first kappa shape index (κ1) is 19.5. The molecule has 0 unspecified atom stereocenters. The lowest BCUT2D eigenvalue weighted by Crippen LogP contribution is -2.13. The van der Waals surface area contributed by atoms with Crippen LogP contribution in [0.15, 0.2) is 54.6 Å². The molecule has 0 aliphatic carbocycles. The molecule has 4 aromatic rings. The van der Waals surface area contributed by atoms with Crippen molar-refractivity contribution in [2.24, 2.45) is 0 Å². The highest BCUT2D eigenvalue weighted by atomic mass is 35.5. The van der Waals surface area contributed by atoms with E-state index in [4.69, 9.17) is 11.6 Å². The zero-order chi connectivity index (χ0) is 21.4. The number of nitrogens with zero attached hydrogens (tertiary/aromatic N) is 4. The van der Waals surface area contributed by atoms with Crippen LogP contribution in [0.1, 0.15) is 21.5 Å². The Morgan fingerprint density at radius 1 is 1.00 bits per heavy atom. The van der Waals surface area contributed by atoms with Crippen molar-refractivity contribution >= 4 is 39.9 Å². The van der Waals surface area contributed by atoms with E-state index in [0.29, 0.717) is 32.9 Å². The molecule has 0 radical (unpaired) electrons. The lowest BCUT2D eigenvalue weighted by Gasteiger charge is -2.09. The second-order valence-electron chi connectivity index (χ2n) is 6.83. The molecule has 0 saturated heterocycles. The maximum Gasteiger partial charge on any atom is 0.272 e. The molecule has 150 valence electrons. The van der Waals surface area contributed by atoms with Crippen LogP contribution in [0.4, 0.5) is 11.4 Å². The van der Waals surface area contributed by atoms with Gasteiger partial charge in [0.05, 0.1) is 10.6 Å². The van der Waals surface area contributed by atoms with Crippen LogP contribution in [-0.4, -0.2) is 25.8 Å². The number of nitro groups is 1. The van der Waals surface area contributed by atoms with Gasteiger partial charge in [0.15, 0.2) is 0 Å². The Labute approximate surface area is 176 Å². The standard InChI is InChI=1S/C21H16ClN5O3/c1-12-10-18-19(25-26(24-18)16-6-4-15(22)5-7-16)11-17(12)23-21(28)14-3-8-20(27(29)30)13(2)9-14/h3-11H,1-2H3,(H,23,28). The minimum Gasteiger partial charge on any atom is -0.322 e. The zero-order valence-electron chi connectivity index (χ0n) is 16.1. The second kappa shape index (κ2) is 7.57. The van der Waals surface area contributed by atoms with E-state index < -0.39 is 4.92 Å². The van der Waals surface area contributed by atoms with Gasteiger partial charge in [0.25, 0.3) is 11.6 Å². The van der Waals surface area contributed by atoms with Crippen molar-refractivity contribution in [3.63, 3.8) is 0 Å². The van der Waals surface area contributed by atoms with Gasteiger partial charge in [-0.2, -0.15) is 4.80 Å². The third kappa shape index (κ3) is 3.72. The van der Waals surface area contributed by atoms with E-state index >= 15 is 0 Å². The predicted molar refractivity (Wildman–Crippen MR) is 114 cm³/mol. The topological polar surface area (TPSA) is 103 Å². The number of carbonyl (C=O) groups is 1. The molecule has 0 saturated carbocycles. The Morgan fingerprint density at radius 3 is 2.30 bits per heavy atom. The fraction of sp³-hybridized carbons (Fsp3) is 0.0952.